The van der Waals surface area contributed by atoms with E-state index in [0.29, 0.717) is 18.7 Å². The summed E-state index contributed by atoms with van der Waals surface area (Å²) in [5.41, 5.74) is 0. The molecule has 1 aromatic heterocycles. The monoisotopic (exact) mass is 225 g/mol. The molecule has 0 spiro atoms. The first kappa shape index (κ1) is 9.77. The highest BCUT2D eigenvalue weighted by molar-refractivity contribution is 7.11. The average Bonchev–Trinajstić information content (AvgIpc) is 2.32. The predicted octanol–water partition coefficient (Wildman–Crippen LogP) is 1.61. The summed E-state index contributed by atoms with van der Waals surface area (Å²) in [7, 11) is 0. The second-order valence-electron chi connectivity index (χ2n) is 1.98. The normalized spacial score (nSPS) is 10.2. The van der Waals surface area contributed by atoms with Gasteiger partial charge in [-0.15, -0.1) is 11.6 Å². The Bertz CT molecular complexity index is 344. The van der Waals surface area contributed by atoms with E-state index in [-0.39, 0.29) is 14.9 Å². The minimum atomic E-state index is -0.247. The number of thiazole rings is 1. The van der Waals surface area contributed by atoms with Crippen molar-refractivity contribution >= 4 is 40.8 Å². The molecule has 0 N–H and O–H groups in total. The summed E-state index contributed by atoms with van der Waals surface area (Å²) < 4.78 is 1.28. The van der Waals surface area contributed by atoms with Gasteiger partial charge >= 0.3 is 4.87 Å². The van der Waals surface area contributed by atoms with Gasteiger partial charge in [-0.1, -0.05) is 22.9 Å². The molecule has 12 heavy (non-hydrogen) atoms. The molecule has 66 valence electrons. The van der Waals surface area contributed by atoms with Crippen molar-refractivity contribution < 1.29 is 4.79 Å². The molecule has 0 bridgehead atoms. The van der Waals surface area contributed by atoms with Gasteiger partial charge in [-0.3, -0.25) is 14.2 Å². The summed E-state index contributed by atoms with van der Waals surface area (Å²) in [6.45, 7) is 0.337. The molecule has 0 amide bonds. The zero-order chi connectivity index (χ0) is 9.14. The fourth-order valence-electron chi connectivity index (χ4n) is 0.751. The Morgan fingerprint density at radius 1 is 1.58 bits per heavy atom. The smallest absolute Gasteiger partial charge is 0.297 e. The zero-order valence-electron chi connectivity index (χ0n) is 5.92. The molecule has 0 radical (unpaired) electrons. The van der Waals surface area contributed by atoms with Gasteiger partial charge in [0.1, 0.15) is 10.0 Å². The van der Waals surface area contributed by atoms with E-state index in [4.69, 9.17) is 23.2 Å². The van der Waals surface area contributed by atoms with Crippen molar-refractivity contribution in [3.05, 3.63) is 19.7 Å². The maximum atomic E-state index is 11.1. The summed E-state index contributed by atoms with van der Waals surface area (Å²) in [4.78, 5) is 21.4. The lowest BCUT2D eigenvalue weighted by Crippen LogP contribution is -2.13. The van der Waals surface area contributed by atoms with Gasteiger partial charge in [0.25, 0.3) is 0 Å². The number of aromatic nitrogens is 1. The van der Waals surface area contributed by atoms with Gasteiger partial charge in [-0.05, 0) is 0 Å². The number of halogens is 2. The molecule has 0 fully saturated rings. The molecule has 0 saturated carbocycles. The molecule has 0 atom stereocenters. The molecule has 1 heterocycles. The van der Waals surface area contributed by atoms with Crippen molar-refractivity contribution in [3.63, 3.8) is 0 Å². The lowest BCUT2D eigenvalue weighted by Gasteiger charge is -1.96. The Labute approximate surface area is 82.5 Å². The molecular weight excluding hydrogens is 221 g/mol. The number of aldehydes is 1. The maximum Gasteiger partial charge on any atom is 0.308 e. The highest BCUT2D eigenvalue weighted by atomic mass is 35.5. The van der Waals surface area contributed by atoms with Crippen LogP contribution in [0.4, 0.5) is 0 Å². The van der Waals surface area contributed by atoms with Crippen LogP contribution in [0.3, 0.4) is 0 Å². The Balaban J connectivity index is 3.18. The van der Waals surface area contributed by atoms with E-state index in [1.54, 1.807) is 0 Å². The maximum absolute atomic E-state index is 11.1. The van der Waals surface area contributed by atoms with Crippen molar-refractivity contribution in [3.8, 4) is 0 Å². The Kier molecular flexibility index (Phi) is 3.31. The lowest BCUT2D eigenvalue weighted by atomic mass is 10.6. The van der Waals surface area contributed by atoms with Crippen LogP contribution in [0.2, 0.25) is 5.15 Å². The van der Waals surface area contributed by atoms with Crippen molar-refractivity contribution in [1.82, 2.24) is 4.57 Å². The van der Waals surface area contributed by atoms with Crippen LogP contribution in [0.25, 0.3) is 0 Å². The average molecular weight is 226 g/mol. The van der Waals surface area contributed by atoms with E-state index in [2.05, 4.69) is 0 Å². The highest BCUT2D eigenvalue weighted by Gasteiger charge is 2.10. The van der Waals surface area contributed by atoms with Gasteiger partial charge < -0.3 is 0 Å². The third-order valence-corrected chi connectivity index (χ3v) is 2.87. The molecule has 0 saturated heterocycles. The number of nitrogens with zero attached hydrogens (tertiary/aromatic N) is 1. The first-order chi connectivity index (χ1) is 5.70. The van der Waals surface area contributed by atoms with E-state index in [0.717, 1.165) is 11.3 Å². The molecule has 0 aromatic carbocycles. The molecule has 0 aliphatic carbocycles. The minimum Gasteiger partial charge on any atom is -0.297 e. The summed E-state index contributed by atoms with van der Waals surface area (Å²) in [5, 5.41) is 0.181. The van der Waals surface area contributed by atoms with Gasteiger partial charge in [-0.25, -0.2) is 0 Å². The topological polar surface area (TPSA) is 39.1 Å². The highest BCUT2D eigenvalue weighted by Crippen LogP contribution is 2.16. The minimum absolute atomic E-state index is 0.181. The molecule has 6 heteroatoms. The number of rotatable bonds is 3. The standard InChI is InChI=1S/C6H5Cl2NO2S/c7-1-2-9-5(8)4(3-10)12-6(9)11/h3H,1-2H2. The molecule has 3 nitrogen and oxygen atoms in total. The van der Waals surface area contributed by atoms with Crippen LogP contribution in [0.15, 0.2) is 4.79 Å². The first-order valence-electron chi connectivity index (χ1n) is 3.11. The van der Waals surface area contributed by atoms with E-state index >= 15 is 0 Å². The van der Waals surface area contributed by atoms with Crippen LogP contribution in [-0.2, 0) is 6.54 Å². The third kappa shape index (κ3) is 1.71. The second-order valence-corrected chi connectivity index (χ2v) is 3.71. The fraction of sp³-hybridized carbons (Fsp3) is 0.333. The Morgan fingerprint density at radius 3 is 2.67 bits per heavy atom. The molecule has 0 aliphatic rings. The van der Waals surface area contributed by atoms with Crippen LogP contribution in [-0.4, -0.2) is 16.7 Å². The van der Waals surface area contributed by atoms with E-state index in [1.807, 2.05) is 0 Å². The van der Waals surface area contributed by atoms with Gasteiger partial charge in [0.05, 0.1) is 0 Å². The SMILES string of the molecule is O=Cc1sc(=O)n(CCCl)c1Cl. The summed E-state index contributed by atoms with van der Waals surface area (Å²) >= 11 is 12.0. The third-order valence-electron chi connectivity index (χ3n) is 1.27. The molecular formula is C6H5Cl2NO2S. The van der Waals surface area contributed by atoms with E-state index in [9.17, 15) is 9.59 Å². The van der Waals surface area contributed by atoms with Crippen LogP contribution < -0.4 is 4.87 Å². The lowest BCUT2D eigenvalue weighted by molar-refractivity contribution is 0.112. The van der Waals surface area contributed by atoms with Crippen molar-refractivity contribution in [2.45, 2.75) is 6.54 Å². The Hall–Kier alpha value is -0.320. The van der Waals surface area contributed by atoms with Gasteiger partial charge in [0.15, 0.2) is 6.29 Å². The number of alkyl halides is 1. The summed E-state index contributed by atoms with van der Waals surface area (Å²) in [6.07, 6.45) is 0.569. The van der Waals surface area contributed by atoms with Crippen LogP contribution >= 0.6 is 34.5 Å². The second kappa shape index (κ2) is 4.07. The van der Waals surface area contributed by atoms with Crippen LogP contribution in [0.5, 0.6) is 0 Å². The first-order valence-corrected chi connectivity index (χ1v) is 4.84. The number of hydrogen-bond donors (Lipinski definition) is 0. The number of carbonyl (C=O) groups is 1. The molecule has 1 rings (SSSR count). The number of hydrogen-bond acceptors (Lipinski definition) is 3. The van der Waals surface area contributed by atoms with Crippen LogP contribution in [0, 0.1) is 0 Å². The van der Waals surface area contributed by atoms with Gasteiger partial charge in [0, 0.05) is 12.4 Å². The number of carbonyl (C=O) groups excluding carboxylic acids is 1. The van der Waals surface area contributed by atoms with Gasteiger partial charge in [-0.2, -0.15) is 0 Å². The molecule has 0 aliphatic heterocycles. The summed E-state index contributed by atoms with van der Waals surface area (Å²) in [5.74, 6) is 0.300. The van der Waals surface area contributed by atoms with Crippen molar-refractivity contribution in [1.29, 1.82) is 0 Å². The van der Waals surface area contributed by atoms with Crippen LogP contribution in [0.1, 0.15) is 9.67 Å². The van der Waals surface area contributed by atoms with E-state index in [1.165, 1.54) is 4.57 Å². The summed E-state index contributed by atoms with van der Waals surface area (Å²) in [6, 6.07) is 0. The Morgan fingerprint density at radius 2 is 2.25 bits per heavy atom. The quantitative estimate of drug-likeness (QED) is 0.580. The van der Waals surface area contributed by atoms with Crippen molar-refractivity contribution in [2.24, 2.45) is 0 Å². The van der Waals surface area contributed by atoms with Crippen molar-refractivity contribution in [2.75, 3.05) is 5.88 Å². The zero-order valence-corrected chi connectivity index (χ0v) is 8.25. The van der Waals surface area contributed by atoms with E-state index < -0.39 is 0 Å². The predicted molar refractivity (Wildman–Crippen MR) is 49.7 cm³/mol. The van der Waals surface area contributed by atoms with Gasteiger partial charge in [0.2, 0.25) is 0 Å². The fourth-order valence-corrected chi connectivity index (χ4v) is 2.02. The largest absolute Gasteiger partial charge is 0.308 e. The molecule has 1 aromatic rings. The molecule has 0 unspecified atom stereocenters.